The molecule has 6 nitrogen and oxygen atoms in total. The quantitative estimate of drug-likeness (QED) is 0.640. The molecule has 0 spiro atoms. The fourth-order valence-electron chi connectivity index (χ4n) is 2.44. The highest BCUT2D eigenvalue weighted by molar-refractivity contribution is 5.75. The first kappa shape index (κ1) is 16.8. The Hall–Kier alpha value is -3.02. The highest BCUT2D eigenvalue weighted by Crippen LogP contribution is 2.16. The number of amides is 1. The van der Waals surface area contributed by atoms with Crippen molar-refractivity contribution in [1.82, 2.24) is 20.5 Å². The van der Waals surface area contributed by atoms with Crippen molar-refractivity contribution in [2.75, 3.05) is 6.54 Å². The summed E-state index contributed by atoms with van der Waals surface area (Å²) in [6.07, 6.45) is 5.98. The highest BCUT2D eigenvalue weighted by atomic mass is 16.4. The van der Waals surface area contributed by atoms with Gasteiger partial charge in [-0.1, -0.05) is 30.3 Å². The van der Waals surface area contributed by atoms with Gasteiger partial charge in [0.15, 0.2) is 0 Å². The molecule has 0 fully saturated rings. The monoisotopic (exact) mass is 336 g/mol. The summed E-state index contributed by atoms with van der Waals surface area (Å²) in [5.41, 5.74) is 2.10. The van der Waals surface area contributed by atoms with E-state index in [-0.39, 0.29) is 5.91 Å². The normalized spacial score (nSPS) is 10.6. The maximum atomic E-state index is 11.9. The molecule has 1 amide bonds. The second-order valence-electron chi connectivity index (χ2n) is 5.68. The van der Waals surface area contributed by atoms with Crippen molar-refractivity contribution in [2.45, 2.75) is 25.7 Å². The Kier molecular flexibility index (Phi) is 5.87. The van der Waals surface area contributed by atoms with Gasteiger partial charge in [0, 0.05) is 37.3 Å². The lowest BCUT2D eigenvalue weighted by Gasteiger charge is -2.04. The maximum absolute atomic E-state index is 11.9. The molecule has 3 aromatic rings. The third kappa shape index (κ3) is 5.24. The van der Waals surface area contributed by atoms with E-state index in [0.29, 0.717) is 31.2 Å². The van der Waals surface area contributed by atoms with Crippen LogP contribution in [0.2, 0.25) is 0 Å². The summed E-state index contributed by atoms with van der Waals surface area (Å²) in [5, 5.41) is 10.9. The Bertz CT molecular complexity index is 787. The average molecular weight is 336 g/mol. The molecule has 0 atom stereocenters. The van der Waals surface area contributed by atoms with Crippen LogP contribution in [0.3, 0.4) is 0 Å². The van der Waals surface area contributed by atoms with Gasteiger partial charge >= 0.3 is 0 Å². The van der Waals surface area contributed by atoms with Crippen molar-refractivity contribution in [3.63, 3.8) is 0 Å². The van der Waals surface area contributed by atoms with Crippen LogP contribution in [0.5, 0.6) is 0 Å². The Labute approximate surface area is 146 Å². The second-order valence-corrected chi connectivity index (χ2v) is 5.68. The van der Waals surface area contributed by atoms with Crippen LogP contribution >= 0.6 is 0 Å². The second kappa shape index (κ2) is 8.73. The Morgan fingerprint density at radius 3 is 2.60 bits per heavy atom. The summed E-state index contributed by atoms with van der Waals surface area (Å²) in [4.78, 5) is 15.8. The van der Waals surface area contributed by atoms with Crippen molar-refractivity contribution in [3.8, 4) is 11.5 Å². The molecule has 0 saturated heterocycles. The van der Waals surface area contributed by atoms with Gasteiger partial charge in [-0.05, 0) is 30.5 Å². The van der Waals surface area contributed by atoms with Crippen molar-refractivity contribution in [3.05, 3.63) is 66.3 Å². The fourth-order valence-corrected chi connectivity index (χ4v) is 2.44. The molecule has 6 heteroatoms. The number of hydrogen-bond donors (Lipinski definition) is 1. The maximum Gasteiger partial charge on any atom is 0.247 e. The minimum Gasteiger partial charge on any atom is -0.421 e. The first-order valence-corrected chi connectivity index (χ1v) is 8.34. The number of carbonyl (C=O) groups is 1. The first-order valence-electron chi connectivity index (χ1n) is 8.34. The minimum atomic E-state index is -0.00303. The molecule has 1 N–H and O–H groups in total. The number of aryl methyl sites for hydroxylation is 2. The lowest BCUT2D eigenvalue weighted by molar-refractivity contribution is -0.121. The number of nitrogens with one attached hydrogen (secondary N) is 1. The molecule has 0 radical (unpaired) electrons. The van der Waals surface area contributed by atoms with Crippen LogP contribution < -0.4 is 5.32 Å². The van der Waals surface area contributed by atoms with Gasteiger partial charge < -0.3 is 9.73 Å². The molecule has 0 unspecified atom stereocenters. The number of rotatable bonds is 8. The van der Waals surface area contributed by atoms with Gasteiger partial charge in [-0.3, -0.25) is 9.78 Å². The molecular formula is C19H20N4O2. The van der Waals surface area contributed by atoms with Gasteiger partial charge in [-0.2, -0.15) is 0 Å². The molecule has 1 aromatic carbocycles. The topological polar surface area (TPSA) is 80.9 Å². The van der Waals surface area contributed by atoms with Gasteiger partial charge in [0.1, 0.15) is 0 Å². The third-order valence-electron chi connectivity index (χ3n) is 3.77. The summed E-state index contributed by atoms with van der Waals surface area (Å²) >= 11 is 0. The molecule has 2 aromatic heterocycles. The molecule has 2 heterocycles. The molecular weight excluding hydrogens is 316 g/mol. The SMILES string of the molecule is O=C(CCc1nnc(-c2ccncc2)o1)NCCCc1ccccc1. The zero-order valence-corrected chi connectivity index (χ0v) is 13.9. The van der Waals surface area contributed by atoms with Gasteiger partial charge in [0.2, 0.25) is 17.7 Å². The van der Waals surface area contributed by atoms with Crippen LogP contribution in [0.25, 0.3) is 11.5 Å². The predicted molar refractivity (Wildman–Crippen MR) is 93.6 cm³/mol. The van der Waals surface area contributed by atoms with Crippen LogP contribution in [-0.2, 0) is 17.6 Å². The van der Waals surface area contributed by atoms with E-state index in [1.807, 2.05) is 18.2 Å². The molecule has 25 heavy (non-hydrogen) atoms. The minimum absolute atomic E-state index is 0.00303. The summed E-state index contributed by atoms with van der Waals surface area (Å²) in [6, 6.07) is 13.9. The summed E-state index contributed by atoms with van der Waals surface area (Å²) in [7, 11) is 0. The molecule has 0 aliphatic rings. The summed E-state index contributed by atoms with van der Waals surface area (Å²) < 4.78 is 5.57. The van der Waals surface area contributed by atoms with E-state index in [1.165, 1.54) is 5.56 Å². The number of carbonyl (C=O) groups excluding carboxylic acids is 1. The van der Waals surface area contributed by atoms with E-state index in [9.17, 15) is 4.79 Å². The number of hydrogen-bond acceptors (Lipinski definition) is 5. The molecule has 128 valence electrons. The molecule has 0 aliphatic carbocycles. The van der Waals surface area contributed by atoms with Crippen LogP contribution in [-0.4, -0.2) is 27.6 Å². The molecule has 0 bridgehead atoms. The Morgan fingerprint density at radius 2 is 1.80 bits per heavy atom. The van der Waals surface area contributed by atoms with Gasteiger partial charge in [0.25, 0.3) is 0 Å². The summed E-state index contributed by atoms with van der Waals surface area (Å²) in [6.45, 7) is 0.666. The van der Waals surface area contributed by atoms with Crippen LogP contribution in [0.4, 0.5) is 0 Å². The van der Waals surface area contributed by atoms with Crippen molar-refractivity contribution in [1.29, 1.82) is 0 Å². The van der Waals surface area contributed by atoms with Crippen LogP contribution in [0.15, 0.2) is 59.3 Å². The number of aromatic nitrogens is 3. The van der Waals surface area contributed by atoms with Gasteiger partial charge in [0.05, 0.1) is 0 Å². The smallest absolute Gasteiger partial charge is 0.247 e. The van der Waals surface area contributed by atoms with E-state index in [2.05, 4.69) is 32.6 Å². The standard InChI is InChI=1S/C19H20N4O2/c24-17(21-12-4-7-15-5-2-1-3-6-15)8-9-18-22-23-19(25-18)16-10-13-20-14-11-16/h1-3,5-6,10-11,13-14H,4,7-9,12H2,(H,21,24). The van der Waals surface area contributed by atoms with E-state index >= 15 is 0 Å². The Morgan fingerprint density at radius 1 is 1.00 bits per heavy atom. The highest BCUT2D eigenvalue weighted by Gasteiger charge is 2.10. The van der Waals surface area contributed by atoms with E-state index in [1.54, 1.807) is 24.5 Å². The number of benzene rings is 1. The van der Waals surface area contributed by atoms with E-state index in [4.69, 9.17) is 4.42 Å². The molecule has 0 aliphatic heterocycles. The zero-order chi connectivity index (χ0) is 17.3. The largest absolute Gasteiger partial charge is 0.421 e. The molecule has 0 saturated carbocycles. The van der Waals surface area contributed by atoms with Crippen LogP contribution in [0, 0.1) is 0 Å². The third-order valence-corrected chi connectivity index (χ3v) is 3.77. The first-order chi connectivity index (χ1) is 12.3. The van der Waals surface area contributed by atoms with E-state index in [0.717, 1.165) is 18.4 Å². The van der Waals surface area contributed by atoms with Crippen LogP contribution in [0.1, 0.15) is 24.3 Å². The zero-order valence-electron chi connectivity index (χ0n) is 13.9. The summed E-state index contributed by atoms with van der Waals surface area (Å²) in [5.74, 6) is 0.906. The van der Waals surface area contributed by atoms with E-state index < -0.39 is 0 Å². The fraction of sp³-hybridized carbons (Fsp3) is 0.263. The lowest BCUT2D eigenvalue weighted by Crippen LogP contribution is -2.25. The average Bonchev–Trinajstić information content (AvgIpc) is 3.14. The van der Waals surface area contributed by atoms with Gasteiger partial charge in [-0.15, -0.1) is 10.2 Å². The number of pyridine rings is 1. The lowest BCUT2D eigenvalue weighted by atomic mass is 10.1. The molecule has 3 rings (SSSR count). The number of nitrogens with zero attached hydrogens (tertiary/aromatic N) is 3. The predicted octanol–water partition coefficient (Wildman–Crippen LogP) is 2.81. The Balaban J connectivity index is 1.37. The van der Waals surface area contributed by atoms with Crippen molar-refractivity contribution >= 4 is 5.91 Å². The van der Waals surface area contributed by atoms with Crippen molar-refractivity contribution in [2.24, 2.45) is 0 Å². The van der Waals surface area contributed by atoms with Gasteiger partial charge in [-0.25, -0.2) is 0 Å². The van der Waals surface area contributed by atoms with Crippen molar-refractivity contribution < 1.29 is 9.21 Å².